The number of carbonyl (C=O) groups excluding carboxylic acids is 1. The Morgan fingerprint density at radius 2 is 2.07 bits per heavy atom. The predicted molar refractivity (Wildman–Crippen MR) is 95.6 cm³/mol. The van der Waals surface area contributed by atoms with Crippen LogP contribution in [-0.2, 0) is 0 Å². The number of hydrogen-bond acceptors (Lipinski definition) is 7. The van der Waals surface area contributed by atoms with Gasteiger partial charge in [-0.1, -0.05) is 28.6 Å². The highest BCUT2D eigenvalue weighted by atomic mass is 19.1. The van der Waals surface area contributed by atoms with Gasteiger partial charge in [0.25, 0.3) is 0 Å². The molecule has 1 amide bonds. The number of para-hydroxylation sites is 2. The molecular formula is C18H13FN6O3. The third kappa shape index (κ3) is 3.43. The zero-order valence-electron chi connectivity index (χ0n) is 14.5. The maximum absolute atomic E-state index is 13.4. The molecule has 9 nitrogen and oxygen atoms in total. The quantitative estimate of drug-likeness (QED) is 0.567. The van der Waals surface area contributed by atoms with Gasteiger partial charge in [0.2, 0.25) is 5.82 Å². The van der Waals surface area contributed by atoms with Crippen LogP contribution >= 0.6 is 0 Å². The molecule has 0 fully saturated rings. The fourth-order valence-corrected chi connectivity index (χ4v) is 2.45. The zero-order chi connectivity index (χ0) is 19.5. The van der Waals surface area contributed by atoms with Crippen molar-refractivity contribution in [1.82, 2.24) is 25.1 Å². The third-order valence-corrected chi connectivity index (χ3v) is 3.77. The highest BCUT2D eigenvalue weighted by Crippen LogP contribution is 2.24. The smallest absolute Gasteiger partial charge is 0.316 e. The third-order valence-electron chi connectivity index (χ3n) is 3.77. The van der Waals surface area contributed by atoms with Crippen molar-refractivity contribution in [3.8, 4) is 23.0 Å². The van der Waals surface area contributed by atoms with Gasteiger partial charge in [-0.2, -0.15) is 4.98 Å². The Labute approximate surface area is 157 Å². The lowest BCUT2D eigenvalue weighted by atomic mass is 10.3. The summed E-state index contributed by atoms with van der Waals surface area (Å²) < 4.78 is 24.9. The number of anilines is 1. The van der Waals surface area contributed by atoms with Crippen LogP contribution in [0.4, 0.5) is 10.1 Å². The first kappa shape index (κ1) is 17.3. The number of carbonyl (C=O) groups is 1. The molecule has 0 aliphatic carbocycles. The molecule has 0 radical (unpaired) electrons. The van der Waals surface area contributed by atoms with Crippen LogP contribution in [0.5, 0.6) is 5.75 Å². The van der Waals surface area contributed by atoms with Gasteiger partial charge in [-0.3, -0.25) is 4.79 Å². The van der Waals surface area contributed by atoms with E-state index >= 15 is 0 Å². The lowest BCUT2D eigenvalue weighted by molar-refractivity contribution is 0.0981. The standard InChI is InChI=1S/C18H13FN6O3/c1-27-15-8-3-2-7-13(15)20-17(26)18-21-16(23-28-18)14-10-25(24-22-14)12-6-4-5-11(19)9-12/h2-10H,1H3,(H,20,26). The summed E-state index contributed by atoms with van der Waals surface area (Å²) in [6.07, 6.45) is 1.50. The van der Waals surface area contributed by atoms with E-state index in [9.17, 15) is 9.18 Å². The lowest BCUT2D eigenvalue weighted by Gasteiger charge is -2.07. The van der Waals surface area contributed by atoms with Crippen molar-refractivity contribution in [2.75, 3.05) is 12.4 Å². The molecule has 4 rings (SSSR count). The molecular weight excluding hydrogens is 367 g/mol. The number of nitrogens with zero attached hydrogens (tertiary/aromatic N) is 5. The Hall–Kier alpha value is -4.08. The number of amides is 1. The maximum Gasteiger partial charge on any atom is 0.316 e. The Morgan fingerprint density at radius 3 is 2.89 bits per heavy atom. The summed E-state index contributed by atoms with van der Waals surface area (Å²) in [6, 6.07) is 12.8. The number of rotatable bonds is 5. The maximum atomic E-state index is 13.4. The summed E-state index contributed by atoms with van der Waals surface area (Å²) in [5.41, 5.74) is 1.22. The Bertz CT molecular complexity index is 1140. The van der Waals surface area contributed by atoms with Crippen molar-refractivity contribution in [3.05, 3.63) is 66.4 Å². The molecule has 140 valence electrons. The minimum atomic E-state index is -0.597. The molecule has 2 heterocycles. The monoisotopic (exact) mass is 380 g/mol. The molecule has 0 aliphatic rings. The number of hydrogen-bond donors (Lipinski definition) is 1. The van der Waals surface area contributed by atoms with Crippen LogP contribution in [0.1, 0.15) is 10.7 Å². The number of halogens is 1. The summed E-state index contributed by atoms with van der Waals surface area (Å²) in [6.45, 7) is 0. The largest absolute Gasteiger partial charge is 0.495 e. The van der Waals surface area contributed by atoms with Crippen molar-refractivity contribution in [1.29, 1.82) is 0 Å². The van der Waals surface area contributed by atoms with Gasteiger partial charge in [-0.05, 0) is 30.3 Å². The average Bonchev–Trinajstić information content (AvgIpc) is 3.38. The molecule has 1 N–H and O–H groups in total. The van der Waals surface area contributed by atoms with E-state index in [1.54, 1.807) is 36.4 Å². The Morgan fingerprint density at radius 1 is 1.21 bits per heavy atom. The second-order valence-electron chi connectivity index (χ2n) is 5.61. The summed E-state index contributed by atoms with van der Waals surface area (Å²) in [5, 5.41) is 14.2. The van der Waals surface area contributed by atoms with Crippen LogP contribution in [0.25, 0.3) is 17.2 Å². The second kappa shape index (κ2) is 7.27. The van der Waals surface area contributed by atoms with Crippen LogP contribution in [0.2, 0.25) is 0 Å². The highest BCUT2D eigenvalue weighted by molar-refractivity contribution is 6.01. The number of methoxy groups -OCH3 is 1. The number of aromatic nitrogens is 5. The molecule has 0 atom stereocenters. The van der Waals surface area contributed by atoms with Gasteiger partial charge in [0, 0.05) is 0 Å². The normalized spacial score (nSPS) is 10.6. The van der Waals surface area contributed by atoms with Gasteiger partial charge < -0.3 is 14.6 Å². The van der Waals surface area contributed by atoms with E-state index in [1.807, 2.05) is 0 Å². The Kier molecular flexibility index (Phi) is 4.50. The SMILES string of the molecule is COc1ccccc1NC(=O)c1nc(-c2cn(-c3cccc(F)c3)nn2)no1. The predicted octanol–water partition coefficient (Wildman–Crippen LogP) is 2.72. The summed E-state index contributed by atoms with van der Waals surface area (Å²) in [5.74, 6) is -0.673. The molecule has 2 aromatic carbocycles. The minimum Gasteiger partial charge on any atom is -0.495 e. The van der Waals surface area contributed by atoms with E-state index in [0.29, 0.717) is 17.1 Å². The number of ether oxygens (including phenoxy) is 1. The zero-order valence-corrected chi connectivity index (χ0v) is 14.5. The van der Waals surface area contributed by atoms with Gasteiger partial charge in [-0.25, -0.2) is 9.07 Å². The van der Waals surface area contributed by atoms with Crippen molar-refractivity contribution in [2.45, 2.75) is 0 Å². The topological polar surface area (TPSA) is 108 Å². The van der Waals surface area contributed by atoms with Gasteiger partial charge in [-0.15, -0.1) is 5.10 Å². The van der Waals surface area contributed by atoms with E-state index in [2.05, 4.69) is 25.8 Å². The molecule has 0 saturated carbocycles. The molecule has 0 unspecified atom stereocenters. The van der Waals surface area contributed by atoms with Gasteiger partial charge in [0.05, 0.1) is 24.7 Å². The number of nitrogens with one attached hydrogen (secondary N) is 1. The number of benzene rings is 2. The van der Waals surface area contributed by atoms with Crippen molar-refractivity contribution in [2.24, 2.45) is 0 Å². The van der Waals surface area contributed by atoms with Crippen LogP contribution in [-0.4, -0.2) is 38.2 Å². The first-order chi connectivity index (χ1) is 13.6. The second-order valence-corrected chi connectivity index (χ2v) is 5.61. The van der Waals surface area contributed by atoms with Gasteiger partial charge in [0.1, 0.15) is 11.6 Å². The van der Waals surface area contributed by atoms with E-state index in [0.717, 1.165) is 0 Å². The molecule has 0 saturated heterocycles. The molecule has 2 aromatic heterocycles. The summed E-state index contributed by atoms with van der Waals surface area (Å²) in [7, 11) is 1.50. The van der Waals surface area contributed by atoms with E-state index in [4.69, 9.17) is 9.26 Å². The van der Waals surface area contributed by atoms with Crippen LogP contribution in [0.15, 0.2) is 59.3 Å². The molecule has 0 bridgehead atoms. The van der Waals surface area contributed by atoms with Crippen LogP contribution in [0.3, 0.4) is 0 Å². The molecule has 28 heavy (non-hydrogen) atoms. The van der Waals surface area contributed by atoms with Crippen molar-refractivity contribution >= 4 is 11.6 Å². The minimum absolute atomic E-state index is 0.0767. The molecule has 4 aromatic rings. The van der Waals surface area contributed by atoms with E-state index < -0.39 is 11.7 Å². The average molecular weight is 380 g/mol. The fraction of sp³-hybridized carbons (Fsp3) is 0.0556. The van der Waals surface area contributed by atoms with Gasteiger partial charge >= 0.3 is 11.8 Å². The van der Waals surface area contributed by atoms with E-state index in [-0.39, 0.29) is 17.4 Å². The summed E-state index contributed by atoms with van der Waals surface area (Å²) >= 11 is 0. The highest BCUT2D eigenvalue weighted by Gasteiger charge is 2.19. The van der Waals surface area contributed by atoms with Crippen molar-refractivity contribution in [3.63, 3.8) is 0 Å². The van der Waals surface area contributed by atoms with Crippen molar-refractivity contribution < 1.29 is 18.4 Å². The van der Waals surface area contributed by atoms with Gasteiger partial charge in [0.15, 0.2) is 5.69 Å². The fourth-order valence-electron chi connectivity index (χ4n) is 2.45. The molecule has 0 spiro atoms. The van der Waals surface area contributed by atoms with E-state index in [1.165, 1.54) is 30.1 Å². The summed E-state index contributed by atoms with van der Waals surface area (Å²) in [4.78, 5) is 16.4. The first-order valence-corrected chi connectivity index (χ1v) is 8.11. The van der Waals surface area contributed by atoms with Crippen LogP contribution < -0.4 is 10.1 Å². The first-order valence-electron chi connectivity index (χ1n) is 8.11. The lowest BCUT2D eigenvalue weighted by Crippen LogP contribution is -2.13. The van der Waals surface area contributed by atoms with Crippen LogP contribution in [0, 0.1) is 5.82 Å². The molecule has 0 aliphatic heterocycles. The molecule has 10 heteroatoms. The Balaban J connectivity index is 1.54.